The van der Waals surface area contributed by atoms with Crippen molar-refractivity contribution in [1.29, 1.82) is 0 Å². The Morgan fingerprint density at radius 2 is 0.941 bits per heavy atom. The van der Waals surface area contributed by atoms with Crippen LogP contribution in [0, 0.1) is 13.8 Å². The van der Waals surface area contributed by atoms with Gasteiger partial charge < -0.3 is 10.6 Å². The first-order valence-corrected chi connectivity index (χ1v) is 12.9. The third-order valence-corrected chi connectivity index (χ3v) is 7.54. The molecule has 4 nitrogen and oxygen atoms in total. The number of benzene rings is 4. The Kier molecular flexibility index (Phi) is 7.72. The molecule has 0 heterocycles. The van der Waals surface area contributed by atoms with Crippen molar-refractivity contribution < 1.29 is 9.59 Å². The average molecular weight is 485 g/mol. The van der Waals surface area contributed by atoms with Gasteiger partial charge in [-0.05, 0) is 73.5 Å². The minimum absolute atomic E-state index is 0.149. The van der Waals surface area contributed by atoms with Gasteiger partial charge in [0, 0.05) is 20.9 Å². The smallest absolute Gasteiger partial charge is 0.255 e. The summed E-state index contributed by atoms with van der Waals surface area (Å²) >= 11 is 0. The van der Waals surface area contributed by atoms with Crippen molar-refractivity contribution >= 4 is 44.8 Å². The van der Waals surface area contributed by atoms with Gasteiger partial charge in [-0.2, -0.15) is 0 Å². The Balaban J connectivity index is 1.52. The number of hydrogen-bond donors (Lipinski definition) is 2. The summed E-state index contributed by atoms with van der Waals surface area (Å²) in [6.07, 6.45) is 0. The van der Waals surface area contributed by atoms with Crippen LogP contribution in [0.4, 0.5) is 11.4 Å². The molecule has 0 saturated heterocycles. The van der Waals surface area contributed by atoms with Gasteiger partial charge in [-0.1, -0.05) is 70.1 Å². The average Bonchev–Trinajstić information content (AvgIpc) is 2.85. The van der Waals surface area contributed by atoms with E-state index in [-0.39, 0.29) is 11.8 Å². The van der Waals surface area contributed by atoms with E-state index in [1.165, 1.54) is 21.6 Å². The SMILES string of the molecule is Cc1ccc(SSc2ccc(C)cc2NC(=O)c2ccccc2)c(NC(=O)c2ccccc2)c1. The number of rotatable bonds is 7. The van der Waals surface area contributed by atoms with Gasteiger partial charge in [0.2, 0.25) is 0 Å². The Labute approximate surface area is 207 Å². The number of hydrogen-bond acceptors (Lipinski definition) is 4. The molecule has 0 aliphatic heterocycles. The molecule has 0 aromatic heterocycles. The van der Waals surface area contributed by atoms with Gasteiger partial charge in [-0.3, -0.25) is 9.59 Å². The lowest BCUT2D eigenvalue weighted by molar-refractivity contribution is 0.101. The summed E-state index contributed by atoms with van der Waals surface area (Å²) in [7, 11) is 3.08. The molecule has 0 atom stereocenters. The summed E-state index contributed by atoms with van der Waals surface area (Å²) in [6, 6.07) is 30.3. The fraction of sp³-hybridized carbons (Fsp3) is 0.0714. The fourth-order valence-corrected chi connectivity index (χ4v) is 5.52. The maximum absolute atomic E-state index is 12.7. The van der Waals surface area contributed by atoms with E-state index in [1.807, 2.05) is 86.6 Å². The molecule has 0 spiro atoms. The Morgan fingerprint density at radius 3 is 1.32 bits per heavy atom. The predicted molar refractivity (Wildman–Crippen MR) is 143 cm³/mol. The van der Waals surface area contributed by atoms with Crippen molar-refractivity contribution in [3.05, 3.63) is 119 Å². The largest absolute Gasteiger partial charge is 0.321 e. The lowest BCUT2D eigenvalue weighted by Gasteiger charge is -2.14. The highest BCUT2D eigenvalue weighted by Gasteiger charge is 2.13. The normalized spacial score (nSPS) is 10.5. The number of nitrogens with one attached hydrogen (secondary N) is 2. The Bertz CT molecular complexity index is 1210. The number of aryl methyl sites for hydroxylation is 2. The zero-order valence-corrected chi connectivity index (χ0v) is 20.5. The summed E-state index contributed by atoms with van der Waals surface area (Å²) in [4.78, 5) is 27.3. The molecule has 0 bridgehead atoms. The Morgan fingerprint density at radius 1 is 0.559 bits per heavy atom. The summed E-state index contributed by atoms with van der Waals surface area (Å²) in [5.41, 5.74) is 4.85. The molecule has 6 heteroatoms. The minimum atomic E-state index is -0.149. The van der Waals surface area contributed by atoms with E-state index in [1.54, 1.807) is 24.3 Å². The molecule has 0 saturated carbocycles. The predicted octanol–water partition coefficient (Wildman–Crippen LogP) is 7.61. The molecule has 4 aromatic carbocycles. The van der Waals surface area contributed by atoms with E-state index in [0.29, 0.717) is 11.1 Å². The van der Waals surface area contributed by atoms with Crippen molar-refractivity contribution in [2.45, 2.75) is 23.6 Å². The molecule has 0 aliphatic rings. The van der Waals surface area contributed by atoms with Crippen LogP contribution in [-0.4, -0.2) is 11.8 Å². The molecule has 0 aliphatic carbocycles. The summed E-state index contributed by atoms with van der Waals surface area (Å²) < 4.78 is 0. The number of carbonyl (C=O) groups is 2. The second kappa shape index (κ2) is 11.1. The van der Waals surface area contributed by atoms with Crippen LogP contribution in [-0.2, 0) is 0 Å². The van der Waals surface area contributed by atoms with Gasteiger partial charge in [0.05, 0.1) is 11.4 Å². The molecule has 0 radical (unpaired) electrons. The van der Waals surface area contributed by atoms with Crippen LogP contribution in [0.15, 0.2) is 107 Å². The maximum Gasteiger partial charge on any atom is 0.255 e. The van der Waals surface area contributed by atoms with Gasteiger partial charge in [-0.25, -0.2) is 0 Å². The first-order chi connectivity index (χ1) is 16.5. The van der Waals surface area contributed by atoms with Crippen molar-refractivity contribution in [3.63, 3.8) is 0 Å². The summed E-state index contributed by atoms with van der Waals surface area (Å²) in [5.74, 6) is -0.298. The molecule has 0 fully saturated rings. The summed E-state index contributed by atoms with van der Waals surface area (Å²) in [5, 5.41) is 6.08. The van der Waals surface area contributed by atoms with E-state index in [2.05, 4.69) is 10.6 Å². The first kappa shape index (κ1) is 23.7. The summed E-state index contributed by atoms with van der Waals surface area (Å²) in [6.45, 7) is 3.99. The molecule has 170 valence electrons. The van der Waals surface area contributed by atoms with Crippen molar-refractivity contribution in [2.75, 3.05) is 10.6 Å². The molecule has 34 heavy (non-hydrogen) atoms. The quantitative estimate of drug-likeness (QED) is 0.265. The lowest BCUT2D eigenvalue weighted by Crippen LogP contribution is -2.12. The number of anilines is 2. The third kappa shape index (κ3) is 6.10. The highest BCUT2D eigenvalue weighted by molar-refractivity contribution is 8.76. The number of carbonyl (C=O) groups excluding carboxylic acids is 2. The fourth-order valence-electron chi connectivity index (χ4n) is 3.29. The standard InChI is InChI=1S/C28H24N2O2S2/c1-19-13-15-25(23(17-19)29-27(31)21-9-5-3-6-10-21)33-34-26-16-14-20(2)18-24(26)30-28(32)22-11-7-4-8-12-22/h3-18H,1-2H3,(H,29,31)(H,30,32). The highest BCUT2D eigenvalue weighted by atomic mass is 33.1. The zero-order valence-electron chi connectivity index (χ0n) is 18.9. The molecular formula is C28H24N2O2S2. The second-order valence-electron chi connectivity index (χ2n) is 7.81. The second-order valence-corrected chi connectivity index (χ2v) is 10.0. The monoisotopic (exact) mass is 484 g/mol. The lowest BCUT2D eigenvalue weighted by atomic mass is 10.2. The van der Waals surface area contributed by atoms with E-state index < -0.39 is 0 Å². The molecule has 0 unspecified atom stereocenters. The minimum Gasteiger partial charge on any atom is -0.321 e. The Hall–Kier alpha value is -3.48. The van der Waals surface area contributed by atoms with Crippen molar-refractivity contribution in [2.24, 2.45) is 0 Å². The van der Waals surface area contributed by atoms with Crippen LogP contribution in [0.2, 0.25) is 0 Å². The van der Waals surface area contributed by atoms with Crippen LogP contribution in [0.1, 0.15) is 31.8 Å². The van der Waals surface area contributed by atoms with Gasteiger partial charge in [-0.15, -0.1) is 0 Å². The molecule has 2 N–H and O–H groups in total. The van der Waals surface area contributed by atoms with Crippen LogP contribution in [0.5, 0.6) is 0 Å². The third-order valence-electron chi connectivity index (χ3n) is 5.06. The maximum atomic E-state index is 12.7. The van der Waals surface area contributed by atoms with Crippen LogP contribution >= 0.6 is 21.6 Å². The van der Waals surface area contributed by atoms with Gasteiger partial charge in [0.25, 0.3) is 11.8 Å². The highest BCUT2D eigenvalue weighted by Crippen LogP contribution is 2.44. The van der Waals surface area contributed by atoms with Crippen LogP contribution in [0.25, 0.3) is 0 Å². The van der Waals surface area contributed by atoms with Crippen molar-refractivity contribution in [3.8, 4) is 0 Å². The first-order valence-electron chi connectivity index (χ1n) is 10.8. The topological polar surface area (TPSA) is 58.2 Å². The van der Waals surface area contributed by atoms with E-state index in [9.17, 15) is 9.59 Å². The van der Waals surface area contributed by atoms with E-state index in [0.717, 1.165) is 32.3 Å². The van der Waals surface area contributed by atoms with Crippen LogP contribution < -0.4 is 10.6 Å². The molecule has 2 amide bonds. The number of amides is 2. The zero-order chi connectivity index (χ0) is 23.9. The van der Waals surface area contributed by atoms with E-state index in [4.69, 9.17) is 0 Å². The molecular weight excluding hydrogens is 460 g/mol. The molecule has 4 aromatic rings. The van der Waals surface area contributed by atoms with E-state index >= 15 is 0 Å². The van der Waals surface area contributed by atoms with Crippen LogP contribution in [0.3, 0.4) is 0 Å². The van der Waals surface area contributed by atoms with Crippen molar-refractivity contribution in [1.82, 2.24) is 0 Å². The van der Waals surface area contributed by atoms with Gasteiger partial charge in [0.15, 0.2) is 0 Å². The van der Waals surface area contributed by atoms with Gasteiger partial charge in [0.1, 0.15) is 0 Å². The van der Waals surface area contributed by atoms with Gasteiger partial charge >= 0.3 is 0 Å². The molecule has 4 rings (SSSR count).